The van der Waals surface area contributed by atoms with Crippen molar-refractivity contribution in [3.63, 3.8) is 0 Å². The molecule has 0 bridgehead atoms. The molecule has 3 aromatic rings. The summed E-state index contributed by atoms with van der Waals surface area (Å²) < 4.78 is 7.79. The van der Waals surface area contributed by atoms with Gasteiger partial charge in [-0.2, -0.15) is 0 Å². The van der Waals surface area contributed by atoms with Crippen molar-refractivity contribution in [2.45, 2.75) is 27.0 Å². The Morgan fingerprint density at radius 2 is 1.77 bits per heavy atom. The van der Waals surface area contributed by atoms with Gasteiger partial charge in [0.25, 0.3) is 0 Å². The third-order valence-electron chi connectivity index (χ3n) is 3.73. The number of fused-ring (bicyclic) bond motifs is 1. The number of benzene rings is 2. The summed E-state index contributed by atoms with van der Waals surface area (Å²) in [5, 5.41) is 9.51. The van der Waals surface area contributed by atoms with Crippen molar-refractivity contribution in [1.82, 2.24) is 9.55 Å². The molecule has 0 spiro atoms. The van der Waals surface area contributed by atoms with E-state index in [-0.39, 0.29) is 6.61 Å². The molecule has 4 heteroatoms. The van der Waals surface area contributed by atoms with Gasteiger partial charge >= 0.3 is 0 Å². The lowest BCUT2D eigenvalue weighted by Gasteiger charge is -2.10. The molecule has 0 radical (unpaired) electrons. The number of aromatic nitrogens is 2. The molecule has 1 heterocycles. The molecule has 0 aliphatic heterocycles. The maximum absolute atomic E-state index is 9.51. The number of hydrogen-bond donors (Lipinski definition) is 1. The average molecular weight is 296 g/mol. The Hall–Kier alpha value is -2.33. The van der Waals surface area contributed by atoms with Crippen molar-refractivity contribution >= 4 is 11.0 Å². The molecule has 1 N–H and O–H groups in total. The van der Waals surface area contributed by atoms with Crippen molar-refractivity contribution in [3.05, 3.63) is 59.4 Å². The second-order valence-electron chi connectivity index (χ2n) is 5.49. The van der Waals surface area contributed by atoms with Crippen molar-refractivity contribution in [1.29, 1.82) is 0 Å². The summed E-state index contributed by atoms with van der Waals surface area (Å²) in [6, 6.07) is 14.1. The van der Waals surface area contributed by atoms with E-state index in [1.165, 1.54) is 5.56 Å². The highest BCUT2D eigenvalue weighted by Gasteiger charge is 2.10. The highest BCUT2D eigenvalue weighted by atomic mass is 16.5. The average Bonchev–Trinajstić information content (AvgIpc) is 2.86. The van der Waals surface area contributed by atoms with E-state index >= 15 is 0 Å². The summed E-state index contributed by atoms with van der Waals surface area (Å²) in [5.74, 6) is 1.53. The molecule has 2 aromatic carbocycles. The van der Waals surface area contributed by atoms with Crippen LogP contribution < -0.4 is 4.74 Å². The summed E-state index contributed by atoms with van der Waals surface area (Å²) in [7, 11) is 0. The molecular formula is C18H20N2O2. The van der Waals surface area contributed by atoms with Crippen LogP contribution in [0.3, 0.4) is 0 Å². The first-order valence-corrected chi connectivity index (χ1v) is 7.43. The SMILES string of the molecule is Cc1ccc(OCCn2c(CO)nc3cc(C)ccc32)cc1. The quantitative estimate of drug-likeness (QED) is 0.786. The Labute approximate surface area is 130 Å². The Kier molecular flexibility index (Phi) is 4.11. The zero-order chi connectivity index (χ0) is 15.5. The van der Waals surface area contributed by atoms with E-state index in [1.54, 1.807) is 0 Å². The van der Waals surface area contributed by atoms with Crippen LogP contribution in [-0.4, -0.2) is 21.3 Å². The van der Waals surface area contributed by atoms with Gasteiger partial charge in [0, 0.05) is 0 Å². The number of rotatable bonds is 5. The van der Waals surface area contributed by atoms with E-state index in [2.05, 4.69) is 18.0 Å². The van der Waals surface area contributed by atoms with Gasteiger partial charge < -0.3 is 14.4 Å². The molecule has 114 valence electrons. The van der Waals surface area contributed by atoms with Gasteiger partial charge in [0.05, 0.1) is 17.6 Å². The monoisotopic (exact) mass is 296 g/mol. The zero-order valence-electron chi connectivity index (χ0n) is 12.9. The van der Waals surface area contributed by atoms with Crippen LogP contribution in [0.25, 0.3) is 11.0 Å². The number of aliphatic hydroxyl groups is 1. The molecule has 0 atom stereocenters. The van der Waals surface area contributed by atoms with E-state index in [9.17, 15) is 5.11 Å². The first-order valence-electron chi connectivity index (χ1n) is 7.43. The summed E-state index contributed by atoms with van der Waals surface area (Å²) in [4.78, 5) is 4.49. The summed E-state index contributed by atoms with van der Waals surface area (Å²) in [5.41, 5.74) is 4.32. The smallest absolute Gasteiger partial charge is 0.135 e. The Morgan fingerprint density at radius 1 is 1.05 bits per heavy atom. The van der Waals surface area contributed by atoms with Gasteiger partial charge in [-0.3, -0.25) is 0 Å². The fourth-order valence-corrected chi connectivity index (χ4v) is 2.55. The number of nitrogens with zero attached hydrogens (tertiary/aromatic N) is 2. The number of ether oxygens (including phenoxy) is 1. The maximum Gasteiger partial charge on any atom is 0.135 e. The zero-order valence-corrected chi connectivity index (χ0v) is 12.9. The van der Waals surface area contributed by atoms with Crippen molar-refractivity contribution in [2.24, 2.45) is 0 Å². The minimum atomic E-state index is -0.0712. The minimum absolute atomic E-state index is 0.0712. The predicted octanol–water partition coefficient (Wildman–Crippen LogP) is 3.22. The standard InChI is InChI=1S/C18H20N2O2/c1-13-3-6-15(7-4-13)22-10-9-20-17-8-5-14(2)11-16(17)19-18(20)12-21/h3-8,11,21H,9-10,12H2,1-2H3. The van der Waals surface area contributed by atoms with Gasteiger partial charge in [-0.15, -0.1) is 0 Å². The normalized spacial score (nSPS) is 11.0. The van der Waals surface area contributed by atoms with Crippen LogP contribution in [0.2, 0.25) is 0 Å². The topological polar surface area (TPSA) is 47.3 Å². The summed E-state index contributed by atoms with van der Waals surface area (Å²) >= 11 is 0. The third-order valence-corrected chi connectivity index (χ3v) is 3.73. The fourth-order valence-electron chi connectivity index (χ4n) is 2.55. The van der Waals surface area contributed by atoms with E-state index in [1.807, 2.05) is 47.9 Å². The van der Waals surface area contributed by atoms with Gasteiger partial charge in [-0.05, 0) is 43.7 Å². The molecule has 0 aliphatic rings. The molecule has 0 amide bonds. The molecule has 0 saturated heterocycles. The maximum atomic E-state index is 9.51. The molecule has 0 fully saturated rings. The summed E-state index contributed by atoms with van der Waals surface area (Å²) in [6.45, 7) is 5.21. The lowest BCUT2D eigenvalue weighted by Crippen LogP contribution is -2.11. The van der Waals surface area contributed by atoms with Crippen LogP contribution >= 0.6 is 0 Å². The van der Waals surface area contributed by atoms with Gasteiger partial charge in [0.2, 0.25) is 0 Å². The lowest BCUT2D eigenvalue weighted by molar-refractivity contribution is 0.255. The lowest BCUT2D eigenvalue weighted by atomic mass is 10.2. The van der Waals surface area contributed by atoms with Crippen LogP contribution in [-0.2, 0) is 13.2 Å². The molecule has 0 aliphatic carbocycles. The van der Waals surface area contributed by atoms with Crippen LogP contribution in [0.4, 0.5) is 0 Å². The second kappa shape index (κ2) is 6.20. The Bertz CT molecular complexity index is 776. The van der Waals surface area contributed by atoms with Crippen molar-refractivity contribution in [3.8, 4) is 5.75 Å². The van der Waals surface area contributed by atoms with Crippen LogP contribution in [0.15, 0.2) is 42.5 Å². The van der Waals surface area contributed by atoms with E-state index in [4.69, 9.17) is 4.74 Å². The van der Waals surface area contributed by atoms with Gasteiger partial charge in [-0.25, -0.2) is 4.98 Å². The van der Waals surface area contributed by atoms with Crippen LogP contribution in [0.5, 0.6) is 5.75 Å². The Morgan fingerprint density at radius 3 is 2.50 bits per heavy atom. The highest BCUT2D eigenvalue weighted by Crippen LogP contribution is 2.18. The molecular weight excluding hydrogens is 276 g/mol. The number of aliphatic hydroxyl groups excluding tert-OH is 1. The number of hydrogen-bond acceptors (Lipinski definition) is 3. The van der Waals surface area contributed by atoms with Gasteiger partial charge in [-0.1, -0.05) is 23.8 Å². The van der Waals surface area contributed by atoms with Crippen LogP contribution in [0, 0.1) is 13.8 Å². The van der Waals surface area contributed by atoms with Crippen LogP contribution in [0.1, 0.15) is 17.0 Å². The number of aryl methyl sites for hydroxylation is 2. The first kappa shape index (κ1) is 14.6. The van der Waals surface area contributed by atoms with E-state index < -0.39 is 0 Å². The Balaban J connectivity index is 1.76. The molecule has 4 nitrogen and oxygen atoms in total. The largest absolute Gasteiger partial charge is 0.492 e. The van der Waals surface area contributed by atoms with E-state index in [0.717, 1.165) is 22.3 Å². The predicted molar refractivity (Wildman–Crippen MR) is 87.1 cm³/mol. The summed E-state index contributed by atoms with van der Waals surface area (Å²) in [6.07, 6.45) is 0. The molecule has 3 rings (SSSR count). The minimum Gasteiger partial charge on any atom is -0.492 e. The molecule has 0 unspecified atom stereocenters. The molecule has 0 saturated carbocycles. The van der Waals surface area contributed by atoms with Gasteiger partial charge in [0.15, 0.2) is 0 Å². The number of imidazole rings is 1. The second-order valence-corrected chi connectivity index (χ2v) is 5.49. The third kappa shape index (κ3) is 2.97. The van der Waals surface area contributed by atoms with Gasteiger partial charge in [0.1, 0.15) is 24.8 Å². The highest BCUT2D eigenvalue weighted by molar-refractivity contribution is 5.76. The molecule has 1 aromatic heterocycles. The molecule has 22 heavy (non-hydrogen) atoms. The first-order chi connectivity index (χ1) is 10.7. The van der Waals surface area contributed by atoms with E-state index in [0.29, 0.717) is 19.0 Å². The van der Waals surface area contributed by atoms with Crippen molar-refractivity contribution < 1.29 is 9.84 Å². The van der Waals surface area contributed by atoms with Crippen molar-refractivity contribution in [2.75, 3.05) is 6.61 Å². The fraction of sp³-hybridized carbons (Fsp3) is 0.278.